The van der Waals surface area contributed by atoms with Gasteiger partial charge in [-0.3, -0.25) is 4.21 Å². The zero-order valence-corrected chi connectivity index (χ0v) is 13.2. The standard InChI is InChI=1S/C16H23F2NOS/c1-2-10-19-15-6-4-3-5-7-16(15)21(20)12-8-9-13(17)14(18)11-12/h8-9,11,15-16,19H,2-7,10H2,1H3. The number of benzene rings is 1. The van der Waals surface area contributed by atoms with Crippen LogP contribution in [0.5, 0.6) is 0 Å². The van der Waals surface area contributed by atoms with E-state index in [1.165, 1.54) is 6.07 Å². The third-order valence-electron chi connectivity index (χ3n) is 4.01. The molecule has 2 rings (SSSR count). The van der Waals surface area contributed by atoms with Crippen LogP contribution in [-0.2, 0) is 10.8 Å². The van der Waals surface area contributed by atoms with Crippen LogP contribution < -0.4 is 5.32 Å². The maximum absolute atomic E-state index is 13.4. The topological polar surface area (TPSA) is 29.1 Å². The summed E-state index contributed by atoms with van der Waals surface area (Å²) in [5.41, 5.74) is 0. The van der Waals surface area contributed by atoms with Crippen molar-refractivity contribution in [2.75, 3.05) is 6.54 Å². The molecule has 0 saturated heterocycles. The summed E-state index contributed by atoms with van der Waals surface area (Å²) in [6.07, 6.45) is 6.22. The number of hydrogen-bond acceptors (Lipinski definition) is 2. The van der Waals surface area contributed by atoms with Crippen molar-refractivity contribution in [2.24, 2.45) is 0 Å². The zero-order chi connectivity index (χ0) is 15.2. The summed E-state index contributed by atoms with van der Waals surface area (Å²) < 4.78 is 39.2. The summed E-state index contributed by atoms with van der Waals surface area (Å²) in [5, 5.41) is 3.45. The van der Waals surface area contributed by atoms with E-state index in [2.05, 4.69) is 12.2 Å². The molecule has 118 valence electrons. The lowest BCUT2D eigenvalue weighted by atomic mass is 10.1. The Hall–Kier alpha value is -0.810. The summed E-state index contributed by atoms with van der Waals surface area (Å²) in [6, 6.07) is 3.78. The Morgan fingerprint density at radius 2 is 1.95 bits per heavy atom. The fourth-order valence-corrected chi connectivity index (χ4v) is 4.55. The van der Waals surface area contributed by atoms with Crippen molar-refractivity contribution in [1.82, 2.24) is 5.32 Å². The maximum atomic E-state index is 13.4. The van der Waals surface area contributed by atoms with Gasteiger partial charge in [-0.05, 0) is 44.0 Å². The molecule has 1 N–H and O–H groups in total. The van der Waals surface area contributed by atoms with E-state index in [1.807, 2.05) is 0 Å². The number of hydrogen-bond donors (Lipinski definition) is 1. The van der Waals surface area contributed by atoms with Crippen LogP contribution in [0.1, 0.15) is 45.4 Å². The van der Waals surface area contributed by atoms with E-state index < -0.39 is 22.4 Å². The van der Waals surface area contributed by atoms with Crippen LogP contribution in [0.15, 0.2) is 23.1 Å². The van der Waals surface area contributed by atoms with Gasteiger partial charge < -0.3 is 5.32 Å². The highest BCUT2D eigenvalue weighted by molar-refractivity contribution is 7.85. The van der Waals surface area contributed by atoms with E-state index in [9.17, 15) is 13.0 Å². The minimum absolute atomic E-state index is 0.0242. The smallest absolute Gasteiger partial charge is 0.160 e. The van der Waals surface area contributed by atoms with Gasteiger partial charge in [0.05, 0.1) is 16.0 Å². The summed E-state index contributed by atoms with van der Waals surface area (Å²) in [7, 11) is -1.30. The Balaban J connectivity index is 2.17. The molecule has 1 saturated carbocycles. The van der Waals surface area contributed by atoms with Crippen LogP contribution in [0.4, 0.5) is 8.78 Å². The second-order valence-corrected chi connectivity index (χ2v) is 7.28. The van der Waals surface area contributed by atoms with Gasteiger partial charge in [-0.15, -0.1) is 0 Å². The number of nitrogens with one attached hydrogen (secondary N) is 1. The van der Waals surface area contributed by atoms with Gasteiger partial charge in [-0.25, -0.2) is 8.78 Å². The minimum Gasteiger partial charge on any atom is -0.313 e. The molecule has 0 aliphatic heterocycles. The van der Waals surface area contributed by atoms with Crippen molar-refractivity contribution in [1.29, 1.82) is 0 Å². The highest BCUT2D eigenvalue weighted by atomic mass is 32.2. The molecule has 0 amide bonds. The third-order valence-corrected chi connectivity index (χ3v) is 5.84. The lowest BCUT2D eigenvalue weighted by Gasteiger charge is -2.25. The SMILES string of the molecule is CCCNC1CCCCCC1S(=O)c1ccc(F)c(F)c1. The minimum atomic E-state index is -1.30. The summed E-state index contributed by atoms with van der Waals surface area (Å²) >= 11 is 0. The number of rotatable bonds is 5. The predicted octanol–water partition coefficient (Wildman–Crippen LogP) is 3.77. The Kier molecular flexibility index (Phi) is 6.30. The molecule has 1 aromatic rings. The predicted molar refractivity (Wildman–Crippen MR) is 81.7 cm³/mol. The molecule has 1 fully saturated rings. The van der Waals surface area contributed by atoms with Gasteiger partial charge in [0.25, 0.3) is 0 Å². The van der Waals surface area contributed by atoms with Crippen molar-refractivity contribution >= 4 is 10.8 Å². The van der Waals surface area contributed by atoms with Crippen molar-refractivity contribution in [2.45, 2.75) is 61.6 Å². The molecule has 0 spiro atoms. The van der Waals surface area contributed by atoms with Crippen LogP contribution in [0.2, 0.25) is 0 Å². The molecule has 5 heteroatoms. The molecule has 0 heterocycles. The second-order valence-electron chi connectivity index (χ2n) is 5.61. The zero-order valence-electron chi connectivity index (χ0n) is 12.4. The second kappa shape index (κ2) is 7.99. The van der Waals surface area contributed by atoms with E-state index in [0.29, 0.717) is 4.90 Å². The quantitative estimate of drug-likeness (QED) is 0.838. The maximum Gasteiger partial charge on any atom is 0.160 e. The normalized spacial score (nSPS) is 24.5. The van der Waals surface area contributed by atoms with E-state index in [4.69, 9.17) is 0 Å². The molecule has 1 aliphatic carbocycles. The molecule has 0 bridgehead atoms. The molecular weight excluding hydrogens is 292 g/mol. The molecule has 0 radical (unpaired) electrons. The Morgan fingerprint density at radius 1 is 1.19 bits per heavy atom. The van der Waals surface area contributed by atoms with Crippen molar-refractivity contribution in [3.8, 4) is 0 Å². The summed E-state index contributed by atoms with van der Waals surface area (Å²) in [5.74, 6) is -1.81. The van der Waals surface area contributed by atoms with Gasteiger partial charge in [-0.2, -0.15) is 0 Å². The molecule has 3 atom stereocenters. The van der Waals surface area contributed by atoms with Gasteiger partial charge in [-0.1, -0.05) is 26.2 Å². The lowest BCUT2D eigenvalue weighted by Crippen LogP contribution is -2.41. The van der Waals surface area contributed by atoms with Gasteiger partial charge >= 0.3 is 0 Å². The molecule has 3 unspecified atom stereocenters. The van der Waals surface area contributed by atoms with E-state index >= 15 is 0 Å². The molecular formula is C16H23F2NOS. The van der Waals surface area contributed by atoms with Crippen LogP contribution >= 0.6 is 0 Å². The fraction of sp³-hybridized carbons (Fsp3) is 0.625. The average Bonchev–Trinajstić information content (AvgIpc) is 2.72. The van der Waals surface area contributed by atoms with E-state index in [-0.39, 0.29) is 11.3 Å². The van der Waals surface area contributed by atoms with Crippen LogP contribution in [0, 0.1) is 11.6 Å². The summed E-state index contributed by atoms with van der Waals surface area (Å²) in [4.78, 5) is 0.393. The van der Waals surface area contributed by atoms with Gasteiger partial charge in [0, 0.05) is 10.9 Å². The lowest BCUT2D eigenvalue weighted by molar-refractivity contribution is 0.462. The number of halogens is 2. The first-order valence-corrected chi connectivity index (χ1v) is 8.93. The van der Waals surface area contributed by atoms with Crippen LogP contribution in [0.3, 0.4) is 0 Å². The Bertz CT molecular complexity index is 495. The monoisotopic (exact) mass is 315 g/mol. The summed E-state index contributed by atoms with van der Waals surface area (Å²) in [6.45, 7) is 3.00. The molecule has 21 heavy (non-hydrogen) atoms. The van der Waals surface area contributed by atoms with Crippen molar-refractivity contribution < 1.29 is 13.0 Å². The first kappa shape index (κ1) is 16.6. The first-order chi connectivity index (χ1) is 10.1. The van der Waals surface area contributed by atoms with Crippen LogP contribution in [-0.4, -0.2) is 22.0 Å². The molecule has 0 aromatic heterocycles. The van der Waals surface area contributed by atoms with Crippen molar-refractivity contribution in [3.63, 3.8) is 0 Å². The molecule has 1 aliphatic rings. The van der Waals surface area contributed by atoms with E-state index in [1.54, 1.807) is 0 Å². The highest BCUT2D eigenvalue weighted by Crippen LogP contribution is 2.26. The van der Waals surface area contributed by atoms with Crippen LogP contribution in [0.25, 0.3) is 0 Å². The molecule has 1 aromatic carbocycles. The first-order valence-electron chi connectivity index (χ1n) is 7.72. The Morgan fingerprint density at radius 3 is 2.67 bits per heavy atom. The van der Waals surface area contributed by atoms with Gasteiger partial charge in [0.15, 0.2) is 11.6 Å². The average molecular weight is 315 g/mol. The fourth-order valence-electron chi connectivity index (χ4n) is 2.87. The molecule has 2 nitrogen and oxygen atoms in total. The van der Waals surface area contributed by atoms with E-state index in [0.717, 1.165) is 57.2 Å². The Labute approximate surface area is 127 Å². The third kappa shape index (κ3) is 4.33. The highest BCUT2D eigenvalue weighted by Gasteiger charge is 2.29. The van der Waals surface area contributed by atoms with Gasteiger partial charge in [0.1, 0.15) is 0 Å². The van der Waals surface area contributed by atoms with Crippen molar-refractivity contribution in [3.05, 3.63) is 29.8 Å². The van der Waals surface area contributed by atoms with Gasteiger partial charge in [0.2, 0.25) is 0 Å². The largest absolute Gasteiger partial charge is 0.313 e.